The SMILES string of the molecule is CC(=O)[N+]1([O-])CCc2cc([N+](=O)[O-])ccc21. The zero-order chi connectivity index (χ0) is 11.9. The maximum Gasteiger partial charge on any atom is 0.315 e. The maximum absolute atomic E-state index is 12.1. The molecule has 0 fully saturated rings. The molecule has 84 valence electrons. The van der Waals surface area contributed by atoms with Crippen LogP contribution in [0, 0.1) is 15.3 Å². The van der Waals surface area contributed by atoms with Gasteiger partial charge in [-0.05, 0) is 0 Å². The highest BCUT2D eigenvalue weighted by molar-refractivity contribution is 5.89. The lowest BCUT2D eigenvalue weighted by Gasteiger charge is -2.34. The van der Waals surface area contributed by atoms with Crippen LogP contribution in [0.5, 0.6) is 0 Å². The molecule has 1 aliphatic heterocycles. The average molecular weight is 222 g/mol. The number of nitro benzene ring substituents is 1. The molecule has 0 aromatic heterocycles. The number of amides is 1. The number of hydroxylamine groups is 2. The molecule has 0 bridgehead atoms. The number of benzene rings is 1. The molecule has 0 N–H and O–H groups in total. The standard InChI is InChI=1S/C10H10N2O4/c1-7(13)12(16)5-4-8-6-9(11(14)15)2-3-10(8)12/h2-3,6H,4-5H2,1H3. The van der Waals surface area contributed by atoms with Crippen LogP contribution in [-0.4, -0.2) is 17.4 Å². The van der Waals surface area contributed by atoms with Gasteiger partial charge in [0.2, 0.25) is 0 Å². The van der Waals surface area contributed by atoms with E-state index in [1.807, 2.05) is 0 Å². The summed E-state index contributed by atoms with van der Waals surface area (Å²) >= 11 is 0. The van der Waals surface area contributed by atoms with E-state index in [1.54, 1.807) is 0 Å². The summed E-state index contributed by atoms with van der Waals surface area (Å²) in [7, 11) is 0. The van der Waals surface area contributed by atoms with Crippen LogP contribution in [0.3, 0.4) is 0 Å². The van der Waals surface area contributed by atoms with Gasteiger partial charge in [-0.25, -0.2) is 4.79 Å². The van der Waals surface area contributed by atoms with Gasteiger partial charge in [0, 0.05) is 30.2 Å². The van der Waals surface area contributed by atoms with Crippen LogP contribution in [0.25, 0.3) is 0 Å². The molecule has 0 spiro atoms. The highest BCUT2D eigenvalue weighted by Crippen LogP contribution is 2.36. The van der Waals surface area contributed by atoms with Crippen molar-refractivity contribution in [1.29, 1.82) is 0 Å². The van der Waals surface area contributed by atoms with Gasteiger partial charge in [0.05, 0.1) is 18.4 Å². The maximum atomic E-state index is 12.1. The number of nitrogens with zero attached hydrogens (tertiary/aromatic N) is 2. The van der Waals surface area contributed by atoms with Crippen molar-refractivity contribution < 1.29 is 9.72 Å². The van der Waals surface area contributed by atoms with Gasteiger partial charge in [-0.2, -0.15) is 0 Å². The minimum atomic E-state index is -1.01. The third-order valence-electron chi connectivity index (χ3n) is 2.87. The summed E-state index contributed by atoms with van der Waals surface area (Å²) in [4.78, 5) is 21.3. The Morgan fingerprint density at radius 2 is 2.19 bits per heavy atom. The smallest absolute Gasteiger partial charge is 0.315 e. The first-order valence-electron chi connectivity index (χ1n) is 4.83. The summed E-state index contributed by atoms with van der Waals surface area (Å²) in [5.41, 5.74) is 0.883. The first-order valence-corrected chi connectivity index (χ1v) is 4.83. The molecule has 1 atom stereocenters. The molecule has 0 aliphatic carbocycles. The molecule has 0 saturated carbocycles. The number of fused-ring (bicyclic) bond motifs is 1. The molecular formula is C10H10N2O4. The van der Waals surface area contributed by atoms with Crippen LogP contribution < -0.4 is 4.65 Å². The summed E-state index contributed by atoms with van der Waals surface area (Å²) in [6, 6.07) is 4.02. The number of quaternary nitrogens is 1. The molecule has 1 amide bonds. The quantitative estimate of drug-likeness (QED) is 0.312. The van der Waals surface area contributed by atoms with Crippen molar-refractivity contribution in [3.05, 3.63) is 39.1 Å². The molecule has 0 radical (unpaired) electrons. The third kappa shape index (κ3) is 1.39. The fraction of sp³-hybridized carbons (Fsp3) is 0.300. The number of hydrogen-bond acceptors (Lipinski definition) is 4. The topological polar surface area (TPSA) is 83.3 Å². The van der Waals surface area contributed by atoms with E-state index in [0.29, 0.717) is 17.7 Å². The Bertz CT molecular complexity index is 486. The van der Waals surface area contributed by atoms with Crippen LogP contribution in [0.15, 0.2) is 18.2 Å². The van der Waals surface area contributed by atoms with Crippen molar-refractivity contribution >= 4 is 17.3 Å². The van der Waals surface area contributed by atoms with Gasteiger partial charge in [-0.1, -0.05) is 0 Å². The number of carbonyl (C=O) groups is 1. The number of nitro groups is 1. The molecule has 1 unspecified atom stereocenters. The molecular weight excluding hydrogens is 212 g/mol. The molecule has 2 rings (SSSR count). The fourth-order valence-corrected chi connectivity index (χ4v) is 1.96. The minimum absolute atomic E-state index is 0.0456. The Balaban J connectivity index is 2.51. The second kappa shape index (κ2) is 3.36. The fourth-order valence-electron chi connectivity index (χ4n) is 1.96. The normalized spacial score (nSPS) is 22.9. The zero-order valence-electron chi connectivity index (χ0n) is 8.67. The summed E-state index contributed by atoms with van der Waals surface area (Å²) in [6.07, 6.45) is 0.403. The first-order chi connectivity index (χ1) is 7.45. The molecule has 6 heteroatoms. The van der Waals surface area contributed by atoms with E-state index in [2.05, 4.69) is 0 Å². The predicted molar refractivity (Wildman–Crippen MR) is 57.5 cm³/mol. The molecule has 1 aromatic rings. The van der Waals surface area contributed by atoms with Gasteiger partial charge in [-0.15, -0.1) is 0 Å². The highest BCUT2D eigenvalue weighted by atomic mass is 16.6. The number of carbonyl (C=O) groups excluding carboxylic acids is 1. The van der Waals surface area contributed by atoms with Crippen molar-refractivity contribution in [3.8, 4) is 0 Å². The van der Waals surface area contributed by atoms with Crippen LogP contribution in [0.1, 0.15) is 12.5 Å². The van der Waals surface area contributed by atoms with Gasteiger partial charge >= 0.3 is 5.91 Å². The predicted octanol–water partition coefficient (Wildman–Crippen LogP) is 1.50. The molecule has 0 saturated heterocycles. The largest absolute Gasteiger partial charge is 0.620 e. The van der Waals surface area contributed by atoms with Crippen molar-refractivity contribution in [2.24, 2.45) is 0 Å². The van der Waals surface area contributed by atoms with Crippen molar-refractivity contribution in [2.45, 2.75) is 13.3 Å². The highest BCUT2D eigenvalue weighted by Gasteiger charge is 2.36. The molecule has 1 aromatic carbocycles. The molecule has 6 nitrogen and oxygen atoms in total. The van der Waals surface area contributed by atoms with Crippen molar-refractivity contribution in [1.82, 2.24) is 4.65 Å². The van der Waals surface area contributed by atoms with Crippen molar-refractivity contribution in [3.63, 3.8) is 0 Å². The Hall–Kier alpha value is -1.79. The van der Waals surface area contributed by atoms with E-state index in [-0.39, 0.29) is 12.2 Å². The van der Waals surface area contributed by atoms with Gasteiger partial charge < -0.3 is 5.21 Å². The lowest BCUT2D eigenvalue weighted by Crippen LogP contribution is -2.45. The Kier molecular flexibility index (Phi) is 2.25. The van der Waals surface area contributed by atoms with E-state index in [9.17, 15) is 20.1 Å². The third-order valence-corrected chi connectivity index (χ3v) is 2.87. The van der Waals surface area contributed by atoms with Crippen LogP contribution in [0.2, 0.25) is 0 Å². The van der Waals surface area contributed by atoms with Crippen molar-refractivity contribution in [2.75, 3.05) is 6.54 Å². The minimum Gasteiger partial charge on any atom is -0.620 e. The van der Waals surface area contributed by atoms with E-state index in [0.717, 1.165) is 0 Å². The molecule has 1 heterocycles. The van der Waals surface area contributed by atoms with E-state index in [4.69, 9.17) is 0 Å². The average Bonchev–Trinajstić information content (AvgIpc) is 2.57. The zero-order valence-corrected chi connectivity index (χ0v) is 8.67. The van der Waals surface area contributed by atoms with E-state index < -0.39 is 15.5 Å². The lowest BCUT2D eigenvalue weighted by molar-refractivity contribution is -0.384. The Labute approximate surface area is 91.4 Å². The summed E-state index contributed by atoms with van der Waals surface area (Å²) < 4.78 is -1.01. The Morgan fingerprint density at radius 1 is 1.50 bits per heavy atom. The number of non-ortho nitro benzene ring substituents is 1. The Morgan fingerprint density at radius 3 is 2.75 bits per heavy atom. The second-order valence-corrected chi connectivity index (χ2v) is 3.80. The second-order valence-electron chi connectivity index (χ2n) is 3.80. The summed E-state index contributed by atoms with van der Waals surface area (Å²) in [6.45, 7) is 1.37. The van der Waals surface area contributed by atoms with Crippen LogP contribution >= 0.6 is 0 Å². The van der Waals surface area contributed by atoms with E-state index >= 15 is 0 Å². The van der Waals surface area contributed by atoms with E-state index in [1.165, 1.54) is 25.1 Å². The van der Waals surface area contributed by atoms with Crippen LogP contribution in [0.4, 0.5) is 11.4 Å². The van der Waals surface area contributed by atoms with Gasteiger partial charge in [0.1, 0.15) is 5.69 Å². The number of hydrogen-bond donors (Lipinski definition) is 0. The van der Waals surface area contributed by atoms with Gasteiger partial charge in [-0.3, -0.25) is 14.8 Å². The molecule has 1 aliphatic rings. The summed E-state index contributed by atoms with van der Waals surface area (Å²) in [5, 5.41) is 22.7. The van der Waals surface area contributed by atoms with Gasteiger partial charge in [0.15, 0.2) is 0 Å². The summed E-state index contributed by atoms with van der Waals surface area (Å²) in [5.74, 6) is -0.493. The first kappa shape index (κ1) is 10.7. The molecule has 16 heavy (non-hydrogen) atoms. The van der Waals surface area contributed by atoms with Crippen LogP contribution in [-0.2, 0) is 11.2 Å². The van der Waals surface area contributed by atoms with Gasteiger partial charge in [0.25, 0.3) is 5.69 Å². The lowest BCUT2D eigenvalue weighted by atomic mass is 10.1. The number of rotatable bonds is 1. The monoisotopic (exact) mass is 222 g/mol.